The van der Waals surface area contributed by atoms with E-state index in [0.29, 0.717) is 18.0 Å². The molecule has 0 radical (unpaired) electrons. The Bertz CT molecular complexity index is 503. The molecule has 1 unspecified atom stereocenters. The van der Waals surface area contributed by atoms with Gasteiger partial charge in [0.05, 0.1) is 7.11 Å². The zero-order chi connectivity index (χ0) is 13.5. The van der Waals surface area contributed by atoms with E-state index in [2.05, 4.69) is 22.1 Å². The van der Waals surface area contributed by atoms with E-state index in [0.717, 1.165) is 12.8 Å². The minimum absolute atomic E-state index is 0.398. The first-order chi connectivity index (χ1) is 9.31. The van der Waals surface area contributed by atoms with Crippen LogP contribution in [0.4, 0.5) is 0 Å². The van der Waals surface area contributed by atoms with Crippen LogP contribution >= 0.6 is 0 Å². The van der Waals surface area contributed by atoms with Gasteiger partial charge in [0.25, 0.3) is 0 Å². The average molecular weight is 258 g/mol. The number of aliphatic hydroxyl groups is 1. The first-order valence-electron chi connectivity index (χ1n) is 6.38. The molecule has 1 aromatic carbocycles. The Morgan fingerprint density at radius 3 is 2.63 bits per heavy atom. The van der Waals surface area contributed by atoms with Crippen molar-refractivity contribution >= 4 is 0 Å². The van der Waals surface area contributed by atoms with Crippen molar-refractivity contribution in [1.29, 1.82) is 0 Å². The van der Waals surface area contributed by atoms with Crippen molar-refractivity contribution in [1.82, 2.24) is 9.97 Å². The lowest BCUT2D eigenvalue weighted by atomic mass is 10.0. The molecule has 0 aliphatic carbocycles. The molecule has 2 rings (SSSR count). The van der Waals surface area contributed by atoms with Crippen LogP contribution < -0.4 is 4.74 Å². The molecule has 4 nitrogen and oxygen atoms in total. The highest BCUT2D eigenvalue weighted by atomic mass is 16.5. The first-order valence-corrected chi connectivity index (χ1v) is 6.38. The van der Waals surface area contributed by atoms with E-state index in [1.54, 1.807) is 12.4 Å². The second kappa shape index (κ2) is 6.85. The Hall–Kier alpha value is -1.94. The average Bonchev–Trinajstić information content (AvgIpc) is 2.48. The van der Waals surface area contributed by atoms with Gasteiger partial charge in [0.1, 0.15) is 11.8 Å². The second-order valence-corrected chi connectivity index (χ2v) is 4.34. The van der Waals surface area contributed by atoms with E-state index in [1.165, 1.54) is 12.7 Å². The van der Waals surface area contributed by atoms with E-state index in [1.807, 2.05) is 18.2 Å². The first kappa shape index (κ1) is 13.5. The summed E-state index contributed by atoms with van der Waals surface area (Å²) in [5.74, 6) is 0.398. The molecule has 1 aromatic heterocycles. The molecule has 1 heterocycles. The van der Waals surface area contributed by atoms with Crippen LogP contribution in [0.25, 0.3) is 0 Å². The normalized spacial score (nSPS) is 12.1. The van der Waals surface area contributed by atoms with Crippen LogP contribution in [0.2, 0.25) is 0 Å². The summed E-state index contributed by atoms with van der Waals surface area (Å²) >= 11 is 0. The lowest BCUT2D eigenvalue weighted by molar-refractivity contribution is 0.154. The topological polar surface area (TPSA) is 55.2 Å². The van der Waals surface area contributed by atoms with Crippen LogP contribution in [0.15, 0.2) is 42.7 Å². The van der Waals surface area contributed by atoms with Crippen molar-refractivity contribution in [3.8, 4) is 5.88 Å². The van der Waals surface area contributed by atoms with Gasteiger partial charge >= 0.3 is 0 Å². The van der Waals surface area contributed by atoms with Crippen LogP contribution in [0.1, 0.15) is 30.2 Å². The molecule has 2 aromatic rings. The smallest absolute Gasteiger partial charge is 0.238 e. The van der Waals surface area contributed by atoms with Gasteiger partial charge in [-0.05, 0) is 24.8 Å². The molecule has 0 fully saturated rings. The lowest BCUT2D eigenvalue weighted by Crippen LogP contribution is -2.05. The fourth-order valence-corrected chi connectivity index (χ4v) is 2.00. The standard InChI is InChI=1S/C15H18N2O2/c1-19-15-14(16-10-11-17-15)13(18)9-5-8-12-6-3-2-4-7-12/h2-4,6-7,10-11,13,18H,5,8-9H2,1H3. The molecule has 1 N–H and O–H groups in total. The molecule has 0 spiro atoms. The minimum atomic E-state index is -0.632. The number of aryl methyl sites for hydroxylation is 1. The van der Waals surface area contributed by atoms with Crippen LogP contribution in [-0.4, -0.2) is 22.2 Å². The van der Waals surface area contributed by atoms with E-state index < -0.39 is 6.10 Å². The number of hydrogen-bond acceptors (Lipinski definition) is 4. The number of aromatic nitrogens is 2. The van der Waals surface area contributed by atoms with Crippen LogP contribution in [0, 0.1) is 0 Å². The van der Waals surface area contributed by atoms with Gasteiger partial charge in [0, 0.05) is 12.4 Å². The Morgan fingerprint density at radius 2 is 1.89 bits per heavy atom. The van der Waals surface area contributed by atoms with E-state index in [9.17, 15) is 5.11 Å². The summed E-state index contributed by atoms with van der Waals surface area (Å²) in [4.78, 5) is 8.18. The quantitative estimate of drug-likeness (QED) is 0.865. The van der Waals surface area contributed by atoms with E-state index >= 15 is 0 Å². The lowest BCUT2D eigenvalue weighted by Gasteiger charge is -2.12. The second-order valence-electron chi connectivity index (χ2n) is 4.34. The molecule has 1 atom stereocenters. The van der Waals surface area contributed by atoms with Crippen molar-refractivity contribution in [2.45, 2.75) is 25.4 Å². The molecular weight excluding hydrogens is 240 g/mol. The van der Waals surface area contributed by atoms with Crippen molar-refractivity contribution < 1.29 is 9.84 Å². The third-order valence-electron chi connectivity index (χ3n) is 2.99. The molecule has 0 saturated carbocycles. The number of nitrogens with zero attached hydrogens (tertiary/aromatic N) is 2. The van der Waals surface area contributed by atoms with Crippen LogP contribution in [0.5, 0.6) is 5.88 Å². The van der Waals surface area contributed by atoms with Crippen molar-refractivity contribution in [3.63, 3.8) is 0 Å². The number of benzene rings is 1. The van der Waals surface area contributed by atoms with E-state index in [4.69, 9.17) is 4.74 Å². The summed E-state index contributed by atoms with van der Waals surface area (Å²) in [6, 6.07) is 10.2. The van der Waals surface area contributed by atoms with Gasteiger partial charge in [-0.3, -0.25) is 4.98 Å². The van der Waals surface area contributed by atoms with Crippen molar-refractivity contribution in [2.24, 2.45) is 0 Å². The van der Waals surface area contributed by atoms with Gasteiger partial charge in [-0.2, -0.15) is 0 Å². The van der Waals surface area contributed by atoms with Crippen LogP contribution in [-0.2, 0) is 6.42 Å². The van der Waals surface area contributed by atoms with Gasteiger partial charge in [0.2, 0.25) is 5.88 Å². The van der Waals surface area contributed by atoms with Gasteiger partial charge in [-0.15, -0.1) is 0 Å². The maximum Gasteiger partial charge on any atom is 0.238 e. The van der Waals surface area contributed by atoms with E-state index in [-0.39, 0.29) is 0 Å². The minimum Gasteiger partial charge on any atom is -0.480 e. The summed E-state index contributed by atoms with van der Waals surface area (Å²) in [7, 11) is 1.53. The maximum atomic E-state index is 10.1. The molecule has 100 valence electrons. The highest BCUT2D eigenvalue weighted by Crippen LogP contribution is 2.23. The number of aliphatic hydroxyl groups excluding tert-OH is 1. The number of hydrogen-bond donors (Lipinski definition) is 1. The third-order valence-corrected chi connectivity index (χ3v) is 2.99. The Morgan fingerprint density at radius 1 is 1.16 bits per heavy atom. The van der Waals surface area contributed by atoms with Gasteiger partial charge in [0.15, 0.2) is 0 Å². The summed E-state index contributed by atoms with van der Waals surface area (Å²) in [6.45, 7) is 0. The Labute approximate surface area is 113 Å². The van der Waals surface area contributed by atoms with Crippen molar-refractivity contribution in [2.75, 3.05) is 7.11 Å². The summed E-state index contributed by atoms with van der Waals surface area (Å²) in [6.07, 6.45) is 4.97. The van der Waals surface area contributed by atoms with Gasteiger partial charge in [-0.25, -0.2) is 4.98 Å². The zero-order valence-corrected chi connectivity index (χ0v) is 11.0. The molecular formula is C15H18N2O2. The molecule has 0 aliphatic heterocycles. The highest BCUT2D eigenvalue weighted by Gasteiger charge is 2.15. The van der Waals surface area contributed by atoms with Gasteiger partial charge in [-0.1, -0.05) is 30.3 Å². The largest absolute Gasteiger partial charge is 0.480 e. The molecule has 0 saturated heterocycles. The monoisotopic (exact) mass is 258 g/mol. The fourth-order valence-electron chi connectivity index (χ4n) is 2.00. The Balaban J connectivity index is 1.89. The SMILES string of the molecule is COc1nccnc1C(O)CCCc1ccccc1. The zero-order valence-electron chi connectivity index (χ0n) is 11.0. The molecule has 4 heteroatoms. The third kappa shape index (κ3) is 3.76. The molecule has 19 heavy (non-hydrogen) atoms. The fraction of sp³-hybridized carbons (Fsp3) is 0.333. The summed E-state index contributed by atoms with van der Waals surface area (Å²) in [5.41, 5.74) is 1.79. The Kier molecular flexibility index (Phi) is 4.86. The number of rotatable bonds is 6. The predicted octanol–water partition coefficient (Wildman–Crippen LogP) is 2.54. The highest BCUT2D eigenvalue weighted by molar-refractivity contribution is 5.20. The number of ether oxygens (including phenoxy) is 1. The molecule has 0 aliphatic rings. The molecule has 0 bridgehead atoms. The summed E-state index contributed by atoms with van der Waals surface area (Å²) < 4.78 is 5.10. The summed E-state index contributed by atoms with van der Waals surface area (Å²) in [5, 5.41) is 10.1. The molecule has 0 amide bonds. The van der Waals surface area contributed by atoms with Gasteiger partial charge < -0.3 is 9.84 Å². The van der Waals surface area contributed by atoms with Crippen LogP contribution in [0.3, 0.4) is 0 Å². The number of methoxy groups -OCH3 is 1. The predicted molar refractivity (Wildman–Crippen MR) is 72.9 cm³/mol. The van der Waals surface area contributed by atoms with Crippen molar-refractivity contribution in [3.05, 3.63) is 54.0 Å². The maximum absolute atomic E-state index is 10.1.